The molecule has 0 aliphatic carbocycles. The third-order valence-electron chi connectivity index (χ3n) is 3.10. The number of carbonyl (C=O) groups excluding carboxylic acids is 1. The number of anilines is 1. The Kier molecular flexibility index (Phi) is 4.91. The average molecular weight is 307 g/mol. The van der Waals surface area contributed by atoms with E-state index in [0.717, 1.165) is 17.9 Å². The SMILES string of the molecule is CC(Cc1ccco1)Nc1ccc(Cl)c(C(=O)N(C)C)c1. The predicted molar refractivity (Wildman–Crippen MR) is 85.0 cm³/mol. The number of hydrogen-bond donors (Lipinski definition) is 1. The molecule has 1 unspecified atom stereocenters. The van der Waals surface area contributed by atoms with Gasteiger partial charge in [0.05, 0.1) is 16.8 Å². The number of furan rings is 1. The van der Waals surface area contributed by atoms with Crippen LogP contribution < -0.4 is 5.32 Å². The number of carbonyl (C=O) groups is 1. The fourth-order valence-corrected chi connectivity index (χ4v) is 2.28. The molecule has 0 radical (unpaired) electrons. The van der Waals surface area contributed by atoms with Crippen molar-refractivity contribution in [1.29, 1.82) is 0 Å². The van der Waals surface area contributed by atoms with E-state index < -0.39 is 0 Å². The summed E-state index contributed by atoms with van der Waals surface area (Å²) in [6, 6.07) is 9.38. The predicted octanol–water partition coefficient (Wildman–Crippen LogP) is 3.68. The summed E-state index contributed by atoms with van der Waals surface area (Å²) in [5.41, 5.74) is 1.36. The molecule has 2 aromatic rings. The molecule has 2 rings (SSSR count). The van der Waals surface area contributed by atoms with E-state index in [4.69, 9.17) is 16.0 Å². The van der Waals surface area contributed by atoms with Crippen LogP contribution >= 0.6 is 11.6 Å². The molecule has 1 aromatic carbocycles. The van der Waals surface area contributed by atoms with Crippen LogP contribution in [0.2, 0.25) is 5.02 Å². The lowest BCUT2D eigenvalue weighted by atomic mass is 10.1. The van der Waals surface area contributed by atoms with Crippen molar-refractivity contribution in [2.75, 3.05) is 19.4 Å². The van der Waals surface area contributed by atoms with Crippen molar-refractivity contribution in [3.05, 3.63) is 52.9 Å². The molecule has 0 saturated heterocycles. The summed E-state index contributed by atoms with van der Waals surface area (Å²) in [6.45, 7) is 2.06. The Morgan fingerprint density at radius 2 is 2.14 bits per heavy atom. The standard InChI is InChI=1S/C16H19ClN2O2/c1-11(9-13-5-4-8-21-13)18-12-6-7-15(17)14(10-12)16(20)19(2)3/h4-8,10-11,18H,9H2,1-3H3. The highest BCUT2D eigenvalue weighted by Gasteiger charge is 2.14. The largest absolute Gasteiger partial charge is 0.469 e. The average Bonchev–Trinajstić information content (AvgIpc) is 2.92. The smallest absolute Gasteiger partial charge is 0.254 e. The second kappa shape index (κ2) is 6.68. The highest BCUT2D eigenvalue weighted by Crippen LogP contribution is 2.22. The van der Waals surface area contributed by atoms with Gasteiger partial charge in [0.2, 0.25) is 0 Å². The molecular weight excluding hydrogens is 288 g/mol. The number of hydrogen-bond acceptors (Lipinski definition) is 3. The van der Waals surface area contributed by atoms with Crippen LogP contribution in [0.1, 0.15) is 23.0 Å². The quantitative estimate of drug-likeness (QED) is 0.916. The molecule has 21 heavy (non-hydrogen) atoms. The maximum atomic E-state index is 12.1. The number of nitrogens with zero attached hydrogens (tertiary/aromatic N) is 1. The van der Waals surface area contributed by atoms with E-state index in [1.165, 1.54) is 4.90 Å². The van der Waals surface area contributed by atoms with Crippen molar-refractivity contribution in [2.24, 2.45) is 0 Å². The van der Waals surface area contributed by atoms with Crippen LogP contribution in [-0.4, -0.2) is 30.9 Å². The van der Waals surface area contributed by atoms with Crippen molar-refractivity contribution < 1.29 is 9.21 Å². The van der Waals surface area contributed by atoms with Gasteiger partial charge in [0.25, 0.3) is 5.91 Å². The van der Waals surface area contributed by atoms with Crippen LogP contribution in [0.15, 0.2) is 41.0 Å². The summed E-state index contributed by atoms with van der Waals surface area (Å²) in [6.07, 6.45) is 2.44. The third kappa shape index (κ3) is 4.02. The lowest BCUT2D eigenvalue weighted by Crippen LogP contribution is -2.23. The molecular formula is C16H19ClN2O2. The highest BCUT2D eigenvalue weighted by atomic mass is 35.5. The fourth-order valence-electron chi connectivity index (χ4n) is 2.09. The molecule has 4 nitrogen and oxygen atoms in total. The van der Waals surface area contributed by atoms with Gasteiger partial charge >= 0.3 is 0 Å². The third-order valence-corrected chi connectivity index (χ3v) is 3.43. The summed E-state index contributed by atoms with van der Waals surface area (Å²) >= 11 is 6.10. The summed E-state index contributed by atoms with van der Waals surface area (Å²) in [4.78, 5) is 13.6. The first-order valence-corrected chi connectivity index (χ1v) is 7.15. The van der Waals surface area contributed by atoms with Gasteiger partial charge in [-0.25, -0.2) is 0 Å². The van der Waals surface area contributed by atoms with E-state index in [1.807, 2.05) is 18.2 Å². The van der Waals surface area contributed by atoms with Crippen molar-refractivity contribution in [1.82, 2.24) is 4.90 Å². The van der Waals surface area contributed by atoms with E-state index >= 15 is 0 Å². The van der Waals surface area contributed by atoms with Gasteiger partial charge < -0.3 is 14.6 Å². The molecule has 1 heterocycles. The second-order valence-corrected chi connectivity index (χ2v) is 5.63. The van der Waals surface area contributed by atoms with Crippen LogP contribution in [0.5, 0.6) is 0 Å². The fraction of sp³-hybridized carbons (Fsp3) is 0.312. The lowest BCUT2D eigenvalue weighted by molar-refractivity contribution is 0.0828. The van der Waals surface area contributed by atoms with E-state index in [9.17, 15) is 4.79 Å². The Bertz CT molecular complexity index is 609. The van der Waals surface area contributed by atoms with Gasteiger partial charge in [-0.1, -0.05) is 11.6 Å². The monoisotopic (exact) mass is 306 g/mol. The van der Waals surface area contributed by atoms with Gasteiger partial charge in [-0.2, -0.15) is 0 Å². The van der Waals surface area contributed by atoms with Crippen molar-refractivity contribution >= 4 is 23.2 Å². The van der Waals surface area contributed by atoms with Crippen LogP contribution in [0.3, 0.4) is 0 Å². The Balaban J connectivity index is 2.10. The molecule has 1 atom stereocenters. The first-order valence-electron chi connectivity index (χ1n) is 6.77. The van der Waals surface area contributed by atoms with Gasteiger partial charge in [0, 0.05) is 32.2 Å². The number of amides is 1. The minimum Gasteiger partial charge on any atom is -0.469 e. The molecule has 0 fully saturated rings. The van der Waals surface area contributed by atoms with Crippen molar-refractivity contribution in [3.63, 3.8) is 0 Å². The molecule has 1 aromatic heterocycles. The Morgan fingerprint density at radius 3 is 2.76 bits per heavy atom. The van der Waals surface area contributed by atoms with E-state index in [-0.39, 0.29) is 11.9 Å². The Hall–Kier alpha value is -1.94. The number of rotatable bonds is 5. The van der Waals surface area contributed by atoms with Gasteiger partial charge in [0.15, 0.2) is 0 Å². The van der Waals surface area contributed by atoms with Crippen molar-refractivity contribution in [2.45, 2.75) is 19.4 Å². The van der Waals surface area contributed by atoms with Gasteiger partial charge in [-0.3, -0.25) is 4.79 Å². The molecule has 5 heteroatoms. The summed E-state index contributed by atoms with van der Waals surface area (Å²) in [5, 5.41) is 3.81. The topological polar surface area (TPSA) is 45.5 Å². The Morgan fingerprint density at radius 1 is 1.38 bits per heavy atom. The first-order chi connectivity index (χ1) is 9.97. The van der Waals surface area contributed by atoms with Crippen LogP contribution in [0, 0.1) is 0 Å². The molecule has 0 aliphatic rings. The highest BCUT2D eigenvalue weighted by molar-refractivity contribution is 6.34. The number of benzene rings is 1. The zero-order valence-corrected chi connectivity index (χ0v) is 13.1. The maximum absolute atomic E-state index is 12.1. The molecule has 0 spiro atoms. The molecule has 0 saturated carbocycles. The molecule has 0 bridgehead atoms. The zero-order chi connectivity index (χ0) is 15.4. The number of halogens is 1. The maximum Gasteiger partial charge on any atom is 0.254 e. The zero-order valence-electron chi connectivity index (χ0n) is 12.4. The first kappa shape index (κ1) is 15.4. The van der Waals surface area contributed by atoms with Crippen LogP contribution in [-0.2, 0) is 6.42 Å². The second-order valence-electron chi connectivity index (χ2n) is 5.22. The summed E-state index contributed by atoms with van der Waals surface area (Å²) < 4.78 is 5.33. The minimum absolute atomic E-state index is 0.109. The Labute approximate surface area is 129 Å². The normalized spacial score (nSPS) is 12.0. The van der Waals surface area contributed by atoms with Gasteiger partial charge in [-0.15, -0.1) is 0 Å². The van der Waals surface area contributed by atoms with E-state index in [1.54, 1.807) is 32.5 Å². The molecule has 1 N–H and O–H groups in total. The van der Waals surface area contributed by atoms with E-state index in [2.05, 4.69) is 12.2 Å². The van der Waals surface area contributed by atoms with Gasteiger partial charge in [0.1, 0.15) is 5.76 Å². The number of nitrogens with one attached hydrogen (secondary N) is 1. The van der Waals surface area contributed by atoms with Crippen LogP contribution in [0.25, 0.3) is 0 Å². The molecule has 0 aliphatic heterocycles. The van der Waals surface area contributed by atoms with E-state index in [0.29, 0.717) is 10.6 Å². The van der Waals surface area contributed by atoms with Crippen molar-refractivity contribution in [3.8, 4) is 0 Å². The lowest BCUT2D eigenvalue weighted by Gasteiger charge is -2.17. The summed E-state index contributed by atoms with van der Waals surface area (Å²) in [7, 11) is 3.41. The molecule has 1 amide bonds. The van der Waals surface area contributed by atoms with Crippen LogP contribution in [0.4, 0.5) is 5.69 Å². The summed E-state index contributed by atoms with van der Waals surface area (Å²) in [5.74, 6) is 0.816. The molecule has 112 valence electrons. The van der Waals surface area contributed by atoms with Gasteiger partial charge in [-0.05, 0) is 37.3 Å². The minimum atomic E-state index is -0.109.